The van der Waals surface area contributed by atoms with Gasteiger partial charge >= 0.3 is 6.18 Å². The average molecular weight is 428 g/mol. The van der Waals surface area contributed by atoms with Gasteiger partial charge in [-0.15, -0.1) is 0 Å². The molecule has 0 atom stereocenters. The monoisotopic (exact) mass is 428 g/mol. The second-order valence-electron chi connectivity index (χ2n) is 7.62. The molecule has 0 unspecified atom stereocenters. The first-order valence-corrected chi connectivity index (χ1v) is 10.1. The van der Waals surface area contributed by atoms with Gasteiger partial charge in [-0.05, 0) is 44.2 Å². The van der Waals surface area contributed by atoms with Gasteiger partial charge in [-0.3, -0.25) is 4.79 Å². The van der Waals surface area contributed by atoms with E-state index in [2.05, 4.69) is 5.10 Å². The van der Waals surface area contributed by atoms with Gasteiger partial charge in [-0.1, -0.05) is 24.3 Å². The van der Waals surface area contributed by atoms with Gasteiger partial charge in [0.2, 0.25) is 0 Å². The summed E-state index contributed by atoms with van der Waals surface area (Å²) in [6.07, 6.45) is -4.37. The van der Waals surface area contributed by atoms with E-state index >= 15 is 0 Å². The van der Waals surface area contributed by atoms with Gasteiger partial charge in [0.15, 0.2) is 0 Å². The zero-order chi connectivity index (χ0) is 22.2. The van der Waals surface area contributed by atoms with Gasteiger partial charge < -0.3 is 9.80 Å². The second-order valence-corrected chi connectivity index (χ2v) is 7.62. The lowest BCUT2D eigenvalue weighted by Crippen LogP contribution is -2.49. The number of benzene rings is 2. The van der Waals surface area contributed by atoms with E-state index < -0.39 is 11.7 Å². The fraction of sp³-hybridized carbons (Fsp3) is 0.304. The quantitative estimate of drug-likeness (QED) is 0.618. The summed E-state index contributed by atoms with van der Waals surface area (Å²) in [7, 11) is 0. The van der Waals surface area contributed by atoms with Gasteiger partial charge in [0, 0.05) is 31.9 Å². The molecule has 1 aromatic heterocycles. The third kappa shape index (κ3) is 4.15. The Kier molecular flexibility index (Phi) is 5.47. The molecule has 31 heavy (non-hydrogen) atoms. The van der Waals surface area contributed by atoms with Crippen LogP contribution in [-0.4, -0.2) is 46.8 Å². The molecule has 0 saturated carbocycles. The van der Waals surface area contributed by atoms with Crippen molar-refractivity contribution >= 4 is 11.6 Å². The number of halogens is 3. The molecule has 8 heteroatoms. The van der Waals surface area contributed by atoms with E-state index in [9.17, 15) is 18.0 Å². The molecular weight excluding hydrogens is 405 g/mol. The van der Waals surface area contributed by atoms with Crippen LogP contribution >= 0.6 is 0 Å². The Hall–Kier alpha value is -3.29. The van der Waals surface area contributed by atoms with Crippen molar-refractivity contribution in [2.45, 2.75) is 20.0 Å². The molecule has 1 saturated heterocycles. The van der Waals surface area contributed by atoms with Crippen LogP contribution in [0.15, 0.2) is 54.6 Å². The number of amides is 1. The summed E-state index contributed by atoms with van der Waals surface area (Å²) >= 11 is 0. The predicted molar refractivity (Wildman–Crippen MR) is 113 cm³/mol. The molecule has 1 aliphatic rings. The molecule has 0 aliphatic carbocycles. The highest BCUT2D eigenvalue weighted by molar-refractivity contribution is 5.96. The van der Waals surface area contributed by atoms with Gasteiger partial charge in [0.05, 0.1) is 28.2 Å². The molecule has 162 valence electrons. The van der Waals surface area contributed by atoms with Crippen LogP contribution < -0.4 is 4.90 Å². The molecule has 0 radical (unpaired) electrons. The first-order valence-electron chi connectivity index (χ1n) is 10.1. The minimum Gasteiger partial charge on any atom is -0.368 e. The maximum Gasteiger partial charge on any atom is 0.416 e. The third-order valence-electron chi connectivity index (χ3n) is 5.61. The van der Waals surface area contributed by atoms with E-state index in [1.165, 1.54) is 6.07 Å². The topological polar surface area (TPSA) is 41.4 Å². The predicted octanol–water partition coefficient (Wildman–Crippen LogP) is 4.47. The summed E-state index contributed by atoms with van der Waals surface area (Å²) in [6, 6.07) is 14.9. The molecule has 0 spiro atoms. The molecule has 2 aromatic carbocycles. The number of hydrogen-bond acceptors (Lipinski definition) is 3. The number of nitrogens with zero attached hydrogens (tertiary/aromatic N) is 4. The minimum atomic E-state index is -4.37. The molecule has 1 amide bonds. The molecule has 1 aliphatic heterocycles. The lowest BCUT2D eigenvalue weighted by atomic mass is 10.1. The number of aromatic nitrogens is 2. The van der Waals surface area contributed by atoms with Crippen LogP contribution in [0.5, 0.6) is 0 Å². The number of para-hydroxylation sites is 1. The highest BCUT2D eigenvalue weighted by Crippen LogP contribution is 2.32. The first kappa shape index (κ1) is 21.0. The number of aryl methyl sites for hydroxylation is 1. The molecule has 2 heterocycles. The van der Waals surface area contributed by atoms with Crippen LogP contribution in [0.4, 0.5) is 18.9 Å². The van der Waals surface area contributed by atoms with Crippen LogP contribution in [0, 0.1) is 13.8 Å². The first-order chi connectivity index (χ1) is 14.8. The van der Waals surface area contributed by atoms with Gasteiger partial charge in [0.1, 0.15) is 0 Å². The zero-order valence-corrected chi connectivity index (χ0v) is 17.4. The van der Waals surface area contributed by atoms with Gasteiger partial charge in [-0.2, -0.15) is 18.3 Å². The largest absolute Gasteiger partial charge is 0.416 e. The summed E-state index contributed by atoms with van der Waals surface area (Å²) in [5.41, 5.74) is 2.75. The fourth-order valence-corrected chi connectivity index (χ4v) is 3.98. The maximum atomic E-state index is 13.2. The number of hydrogen-bond donors (Lipinski definition) is 0. The molecule has 5 nitrogen and oxygen atoms in total. The SMILES string of the molecule is Cc1nn(-c2ccccc2)c(C)c1C(=O)N1CCN(c2cccc(C(F)(F)F)c2)CC1. The summed E-state index contributed by atoms with van der Waals surface area (Å²) in [5.74, 6) is -0.0964. The Bertz CT molecular complexity index is 1080. The summed E-state index contributed by atoms with van der Waals surface area (Å²) < 4.78 is 40.8. The lowest BCUT2D eigenvalue weighted by Gasteiger charge is -2.36. The maximum absolute atomic E-state index is 13.2. The number of piperazine rings is 1. The third-order valence-corrected chi connectivity index (χ3v) is 5.61. The van der Waals surface area contributed by atoms with E-state index in [1.807, 2.05) is 49.1 Å². The zero-order valence-electron chi connectivity index (χ0n) is 17.4. The molecule has 0 bridgehead atoms. The summed E-state index contributed by atoms with van der Waals surface area (Å²) in [5, 5.41) is 4.54. The minimum absolute atomic E-state index is 0.0964. The van der Waals surface area contributed by atoms with Crippen LogP contribution in [0.3, 0.4) is 0 Å². The standard InChI is InChI=1S/C23H23F3N4O/c1-16-21(17(2)30(27-16)19-8-4-3-5-9-19)22(31)29-13-11-28(12-14-29)20-10-6-7-18(15-20)23(24,25)26/h3-10,15H,11-14H2,1-2H3. The van der Waals surface area contributed by atoms with Crippen LogP contribution in [0.2, 0.25) is 0 Å². The Morgan fingerprint density at radius 2 is 1.55 bits per heavy atom. The van der Waals surface area contributed by atoms with Crippen molar-refractivity contribution in [3.63, 3.8) is 0 Å². The molecule has 1 fully saturated rings. The molecule has 0 N–H and O–H groups in total. The molecule has 3 aromatic rings. The Morgan fingerprint density at radius 3 is 2.19 bits per heavy atom. The average Bonchev–Trinajstić information content (AvgIpc) is 3.07. The number of carbonyl (C=O) groups excluding carboxylic acids is 1. The van der Waals surface area contributed by atoms with E-state index in [0.29, 0.717) is 43.1 Å². The second kappa shape index (κ2) is 8.09. The van der Waals surface area contributed by atoms with E-state index in [0.717, 1.165) is 23.5 Å². The smallest absolute Gasteiger partial charge is 0.368 e. The van der Waals surface area contributed by atoms with Crippen molar-refractivity contribution in [2.75, 3.05) is 31.1 Å². The van der Waals surface area contributed by atoms with Gasteiger partial charge in [-0.25, -0.2) is 4.68 Å². The highest BCUT2D eigenvalue weighted by Gasteiger charge is 2.32. The summed E-state index contributed by atoms with van der Waals surface area (Å²) in [6.45, 7) is 5.50. The van der Waals surface area contributed by atoms with Crippen molar-refractivity contribution < 1.29 is 18.0 Å². The van der Waals surface area contributed by atoms with E-state index in [4.69, 9.17) is 0 Å². The Balaban J connectivity index is 1.49. The summed E-state index contributed by atoms with van der Waals surface area (Å²) in [4.78, 5) is 16.8. The Morgan fingerprint density at radius 1 is 0.903 bits per heavy atom. The van der Waals surface area contributed by atoms with Gasteiger partial charge in [0.25, 0.3) is 5.91 Å². The number of carbonyl (C=O) groups is 1. The molecular formula is C23H23F3N4O. The van der Waals surface area contributed by atoms with Crippen molar-refractivity contribution in [3.8, 4) is 5.69 Å². The highest BCUT2D eigenvalue weighted by atomic mass is 19.4. The van der Waals surface area contributed by atoms with Crippen LogP contribution in [-0.2, 0) is 6.18 Å². The van der Waals surface area contributed by atoms with E-state index in [-0.39, 0.29) is 5.91 Å². The van der Waals surface area contributed by atoms with Crippen molar-refractivity contribution in [1.82, 2.24) is 14.7 Å². The lowest BCUT2D eigenvalue weighted by molar-refractivity contribution is -0.137. The van der Waals surface area contributed by atoms with Crippen LogP contribution in [0.25, 0.3) is 5.69 Å². The number of alkyl halides is 3. The molecule has 4 rings (SSSR count). The van der Waals surface area contributed by atoms with Crippen molar-refractivity contribution in [2.24, 2.45) is 0 Å². The fourth-order valence-electron chi connectivity index (χ4n) is 3.98. The normalized spacial score (nSPS) is 14.7. The Labute approximate surface area is 178 Å². The van der Waals surface area contributed by atoms with E-state index in [1.54, 1.807) is 15.6 Å². The van der Waals surface area contributed by atoms with Crippen LogP contribution in [0.1, 0.15) is 27.3 Å². The number of rotatable bonds is 3. The van der Waals surface area contributed by atoms with Crippen molar-refractivity contribution in [1.29, 1.82) is 0 Å². The number of anilines is 1. The van der Waals surface area contributed by atoms with Crippen molar-refractivity contribution in [3.05, 3.63) is 77.1 Å².